The molecule has 0 aliphatic rings. The van der Waals surface area contributed by atoms with Crippen LogP contribution in [0, 0.1) is 12.8 Å². The Morgan fingerprint density at radius 2 is 2.33 bits per heavy atom. The van der Waals surface area contributed by atoms with E-state index in [0.717, 1.165) is 35.0 Å². The lowest BCUT2D eigenvalue weighted by atomic mass is 10.0. The fourth-order valence-electron chi connectivity index (χ4n) is 1.70. The zero-order valence-corrected chi connectivity index (χ0v) is 8.95. The smallest absolute Gasteiger partial charge is 0.123 e. The number of aromatic nitrogens is 2. The van der Waals surface area contributed by atoms with Crippen molar-refractivity contribution < 1.29 is 4.79 Å². The van der Waals surface area contributed by atoms with Crippen LogP contribution in [0.15, 0.2) is 18.3 Å². The molecule has 0 fully saturated rings. The predicted molar refractivity (Wildman–Crippen MR) is 59.8 cm³/mol. The SMILES string of the molecule is Cc1ccc2[nH]cc(CC(C)C=O)c2n1. The number of aromatic amines is 1. The summed E-state index contributed by atoms with van der Waals surface area (Å²) < 4.78 is 0. The van der Waals surface area contributed by atoms with Gasteiger partial charge in [0, 0.05) is 17.8 Å². The Balaban J connectivity index is 2.43. The lowest BCUT2D eigenvalue weighted by Gasteiger charge is -2.01. The van der Waals surface area contributed by atoms with Crippen LogP contribution < -0.4 is 0 Å². The number of aldehydes is 1. The third kappa shape index (κ3) is 1.91. The van der Waals surface area contributed by atoms with E-state index in [2.05, 4.69) is 9.97 Å². The molecule has 78 valence electrons. The third-order valence-electron chi connectivity index (χ3n) is 2.51. The van der Waals surface area contributed by atoms with E-state index in [0.29, 0.717) is 0 Å². The highest BCUT2D eigenvalue weighted by Gasteiger charge is 2.08. The average Bonchev–Trinajstić information content (AvgIpc) is 2.61. The number of fused-ring (bicyclic) bond motifs is 1. The second kappa shape index (κ2) is 3.85. The summed E-state index contributed by atoms with van der Waals surface area (Å²) in [5, 5.41) is 0. The highest BCUT2D eigenvalue weighted by Crippen LogP contribution is 2.18. The van der Waals surface area contributed by atoms with Crippen LogP contribution in [0.4, 0.5) is 0 Å². The van der Waals surface area contributed by atoms with Gasteiger partial charge in [-0.05, 0) is 31.0 Å². The zero-order valence-electron chi connectivity index (χ0n) is 8.95. The fourth-order valence-corrected chi connectivity index (χ4v) is 1.70. The number of carbonyl (C=O) groups excluding carboxylic acids is 1. The molecule has 0 aliphatic heterocycles. The van der Waals surface area contributed by atoms with Crippen LogP contribution in [0.3, 0.4) is 0 Å². The number of rotatable bonds is 3. The molecule has 0 saturated heterocycles. The standard InChI is InChI=1S/C12H14N2O/c1-8(7-15)5-10-6-13-11-4-3-9(2)14-12(10)11/h3-4,6-8,13H,5H2,1-2H3. The summed E-state index contributed by atoms with van der Waals surface area (Å²) in [7, 11) is 0. The largest absolute Gasteiger partial charge is 0.360 e. The monoisotopic (exact) mass is 202 g/mol. The number of nitrogens with zero attached hydrogens (tertiary/aromatic N) is 1. The quantitative estimate of drug-likeness (QED) is 0.776. The van der Waals surface area contributed by atoms with Crippen LogP contribution in [0.5, 0.6) is 0 Å². The first-order valence-electron chi connectivity index (χ1n) is 5.09. The number of hydrogen-bond donors (Lipinski definition) is 1. The summed E-state index contributed by atoms with van der Waals surface area (Å²) in [4.78, 5) is 18.2. The molecule has 2 aromatic rings. The van der Waals surface area contributed by atoms with E-state index in [-0.39, 0.29) is 5.92 Å². The van der Waals surface area contributed by atoms with Gasteiger partial charge in [0.1, 0.15) is 6.29 Å². The second-order valence-electron chi connectivity index (χ2n) is 3.98. The minimum atomic E-state index is 0.0475. The number of H-pyrrole nitrogens is 1. The maximum Gasteiger partial charge on any atom is 0.123 e. The molecule has 3 nitrogen and oxygen atoms in total. The molecule has 0 spiro atoms. The summed E-state index contributed by atoms with van der Waals surface area (Å²) in [6.45, 7) is 3.89. The molecule has 2 heterocycles. The molecular formula is C12H14N2O. The van der Waals surface area contributed by atoms with E-state index < -0.39 is 0 Å². The van der Waals surface area contributed by atoms with Gasteiger partial charge in [-0.3, -0.25) is 4.98 Å². The molecule has 1 atom stereocenters. The van der Waals surface area contributed by atoms with Gasteiger partial charge in [0.15, 0.2) is 0 Å². The summed E-state index contributed by atoms with van der Waals surface area (Å²) in [6.07, 6.45) is 3.67. The molecule has 0 aliphatic carbocycles. The van der Waals surface area contributed by atoms with E-state index in [1.165, 1.54) is 0 Å². The summed E-state index contributed by atoms with van der Waals surface area (Å²) in [6, 6.07) is 4.00. The topological polar surface area (TPSA) is 45.8 Å². The summed E-state index contributed by atoms with van der Waals surface area (Å²) in [5.41, 5.74) is 4.15. The number of hydrogen-bond acceptors (Lipinski definition) is 2. The molecule has 3 heteroatoms. The number of aryl methyl sites for hydroxylation is 1. The second-order valence-corrected chi connectivity index (χ2v) is 3.98. The molecule has 0 saturated carbocycles. The van der Waals surface area contributed by atoms with Crippen LogP contribution >= 0.6 is 0 Å². The maximum atomic E-state index is 10.6. The minimum Gasteiger partial charge on any atom is -0.360 e. The van der Waals surface area contributed by atoms with Gasteiger partial charge in [-0.15, -0.1) is 0 Å². The fraction of sp³-hybridized carbons (Fsp3) is 0.333. The molecular weight excluding hydrogens is 188 g/mol. The van der Waals surface area contributed by atoms with Gasteiger partial charge in [0.25, 0.3) is 0 Å². The van der Waals surface area contributed by atoms with Gasteiger partial charge >= 0.3 is 0 Å². The van der Waals surface area contributed by atoms with E-state index in [9.17, 15) is 4.79 Å². The summed E-state index contributed by atoms with van der Waals surface area (Å²) in [5.74, 6) is 0.0475. The van der Waals surface area contributed by atoms with Crippen LogP contribution in [-0.4, -0.2) is 16.3 Å². The molecule has 0 bridgehead atoms. The average molecular weight is 202 g/mol. The molecule has 0 amide bonds. The van der Waals surface area contributed by atoms with Crippen molar-refractivity contribution in [1.82, 2.24) is 9.97 Å². The Labute approximate surface area is 88.5 Å². The summed E-state index contributed by atoms with van der Waals surface area (Å²) >= 11 is 0. The van der Waals surface area contributed by atoms with E-state index in [1.807, 2.05) is 32.2 Å². The Morgan fingerprint density at radius 1 is 1.53 bits per heavy atom. The Kier molecular flexibility index (Phi) is 2.54. The van der Waals surface area contributed by atoms with Gasteiger partial charge in [0.05, 0.1) is 11.0 Å². The van der Waals surface area contributed by atoms with Gasteiger partial charge in [-0.1, -0.05) is 6.92 Å². The van der Waals surface area contributed by atoms with Crippen molar-refractivity contribution in [1.29, 1.82) is 0 Å². The Bertz CT molecular complexity index is 487. The van der Waals surface area contributed by atoms with Crippen LogP contribution in [0.25, 0.3) is 11.0 Å². The normalized spacial score (nSPS) is 12.9. The lowest BCUT2D eigenvalue weighted by molar-refractivity contribution is -0.110. The molecule has 0 aromatic carbocycles. The van der Waals surface area contributed by atoms with Crippen LogP contribution in [-0.2, 0) is 11.2 Å². The maximum absolute atomic E-state index is 10.6. The van der Waals surface area contributed by atoms with Crippen molar-refractivity contribution in [2.45, 2.75) is 20.3 Å². The molecule has 2 rings (SSSR count). The molecule has 1 N–H and O–H groups in total. The van der Waals surface area contributed by atoms with Crippen molar-refractivity contribution in [3.8, 4) is 0 Å². The van der Waals surface area contributed by atoms with Gasteiger partial charge in [-0.2, -0.15) is 0 Å². The van der Waals surface area contributed by atoms with E-state index >= 15 is 0 Å². The van der Waals surface area contributed by atoms with Gasteiger partial charge in [0.2, 0.25) is 0 Å². The highest BCUT2D eigenvalue weighted by molar-refractivity contribution is 5.79. The minimum absolute atomic E-state index is 0.0475. The van der Waals surface area contributed by atoms with Crippen molar-refractivity contribution >= 4 is 17.3 Å². The van der Waals surface area contributed by atoms with E-state index in [4.69, 9.17) is 0 Å². The van der Waals surface area contributed by atoms with Crippen LogP contribution in [0.2, 0.25) is 0 Å². The van der Waals surface area contributed by atoms with Gasteiger partial charge in [-0.25, -0.2) is 0 Å². The Hall–Kier alpha value is -1.64. The number of nitrogens with one attached hydrogen (secondary N) is 1. The lowest BCUT2D eigenvalue weighted by Crippen LogP contribution is -2.00. The predicted octanol–water partition coefficient (Wildman–Crippen LogP) is 2.25. The molecule has 15 heavy (non-hydrogen) atoms. The van der Waals surface area contributed by atoms with Gasteiger partial charge < -0.3 is 9.78 Å². The first-order valence-corrected chi connectivity index (χ1v) is 5.09. The van der Waals surface area contributed by atoms with Crippen molar-refractivity contribution in [3.63, 3.8) is 0 Å². The number of pyridine rings is 1. The third-order valence-corrected chi connectivity index (χ3v) is 2.51. The first-order chi connectivity index (χ1) is 7.20. The molecule has 0 radical (unpaired) electrons. The zero-order chi connectivity index (χ0) is 10.8. The first kappa shape index (κ1) is 9.90. The van der Waals surface area contributed by atoms with E-state index in [1.54, 1.807) is 0 Å². The van der Waals surface area contributed by atoms with Crippen LogP contribution in [0.1, 0.15) is 18.2 Å². The molecule has 2 aromatic heterocycles. The number of carbonyl (C=O) groups is 1. The van der Waals surface area contributed by atoms with Crippen molar-refractivity contribution in [3.05, 3.63) is 29.6 Å². The van der Waals surface area contributed by atoms with Crippen molar-refractivity contribution in [2.24, 2.45) is 5.92 Å². The Morgan fingerprint density at radius 3 is 3.07 bits per heavy atom. The highest BCUT2D eigenvalue weighted by atomic mass is 16.1. The molecule has 1 unspecified atom stereocenters. The van der Waals surface area contributed by atoms with Crippen molar-refractivity contribution in [2.75, 3.05) is 0 Å².